The number of Topliss-reactive ketones (excluding diaryl/α,β-unsaturated/α-hetero) is 1. The molecule has 1 atom stereocenters. The lowest BCUT2D eigenvalue weighted by Gasteiger charge is -2.05. The van der Waals surface area contributed by atoms with E-state index in [1.807, 2.05) is 24.3 Å². The molecule has 6 nitrogen and oxygen atoms in total. The molecular formula is C21H16N2O4S. The molecule has 1 N–H and O–H groups in total. The quantitative estimate of drug-likeness (QED) is 0.406. The number of benzene rings is 2. The highest BCUT2D eigenvalue weighted by Crippen LogP contribution is 2.32. The Hall–Kier alpha value is -3.32. The van der Waals surface area contributed by atoms with Gasteiger partial charge in [-0.1, -0.05) is 12.1 Å². The van der Waals surface area contributed by atoms with Crippen molar-refractivity contribution in [2.24, 2.45) is 0 Å². The van der Waals surface area contributed by atoms with Crippen LogP contribution in [0.25, 0.3) is 16.3 Å². The predicted octanol–water partition coefficient (Wildman–Crippen LogP) is 3.79. The molecule has 0 fully saturated rings. The molecule has 3 aromatic rings. The van der Waals surface area contributed by atoms with Crippen LogP contribution in [0.15, 0.2) is 48.5 Å². The van der Waals surface area contributed by atoms with Crippen molar-refractivity contribution in [3.8, 4) is 0 Å². The normalized spacial score (nSPS) is 15.6. The molecule has 0 aliphatic carbocycles. The minimum Gasteiger partial charge on any atom is -0.454 e. The first kappa shape index (κ1) is 18.1. The Balaban J connectivity index is 1.37. The number of hydrogen-bond donors (Lipinski definition) is 1. The molecule has 1 amide bonds. The smallest absolute Gasteiger partial charge is 0.331 e. The van der Waals surface area contributed by atoms with Crippen molar-refractivity contribution >= 4 is 51.0 Å². The monoisotopic (exact) mass is 392 g/mol. The summed E-state index contributed by atoms with van der Waals surface area (Å²) in [6.45, 7) is 1.42. The Labute approximate surface area is 164 Å². The number of carbonyl (C=O) groups is 3. The lowest BCUT2D eigenvalue weighted by Crippen LogP contribution is -2.13. The molecule has 0 bridgehead atoms. The van der Waals surface area contributed by atoms with Crippen LogP contribution in [0.5, 0.6) is 0 Å². The minimum absolute atomic E-state index is 0.0917. The second-order valence-electron chi connectivity index (χ2n) is 6.40. The van der Waals surface area contributed by atoms with E-state index in [9.17, 15) is 14.4 Å². The zero-order valence-corrected chi connectivity index (χ0v) is 15.8. The van der Waals surface area contributed by atoms with Gasteiger partial charge < -0.3 is 10.1 Å². The molecular weight excluding hydrogens is 376 g/mol. The van der Waals surface area contributed by atoms with Crippen LogP contribution in [-0.2, 0) is 14.3 Å². The zero-order chi connectivity index (χ0) is 19.7. The van der Waals surface area contributed by atoms with Gasteiger partial charge in [0, 0.05) is 17.3 Å². The molecule has 2 aromatic carbocycles. The molecule has 0 saturated heterocycles. The molecule has 28 heavy (non-hydrogen) atoms. The summed E-state index contributed by atoms with van der Waals surface area (Å²) >= 11 is 1.47. The van der Waals surface area contributed by atoms with Gasteiger partial charge in [-0.15, -0.1) is 11.3 Å². The van der Waals surface area contributed by atoms with Gasteiger partial charge >= 0.3 is 5.97 Å². The van der Waals surface area contributed by atoms with Crippen LogP contribution in [0.1, 0.15) is 33.8 Å². The molecule has 4 rings (SSSR count). The van der Waals surface area contributed by atoms with Crippen LogP contribution < -0.4 is 5.32 Å². The van der Waals surface area contributed by atoms with Crippen molar-refractivity contribution in [1.82, 2.24) is 4.98 Å². The van der Waals surface area contributed by atoms with Gasteiger partial charge in [0.05, 0.1) is 16.1 Å². The van der Waals surface area contributed by atoms with E-state index in [1.165, 1.54) is 17.4 Å². The lowest BCUT2D eigenvalue weighted by atomic mass is 9.99. The Kier molecular flexibility index (Phi) is 4.75. The predicted molar refractivity (Wildman–Crippen MR) is 107 cm³/mol. The summed E-state index contributed by atoms with van der Waals surface area (Å²) < 4.78 is 6.07. The van der Waals surface area contributed by atoms with Gasteiger partial charge in [0.25, 0.3) is 0 Å². The van der Waals surface area contributed by atoms with Crippen molar-refractivity contribution in [3.63, 3.8) is 0 Å². The van der Waals surface area contributed by atoms with Crippen molar-refractivity contribution in [1.29, 1.82) is 0 Å². The average molecular weight is 392 g/mol. The molecule has 1 aliphatic heterocycles. The summed E-state index contributed by atoms with van der Waals surface area (Å²) in [6, 6.07) is 12.7. The largest absolute Gasteiger partial charge is 0.454 e. The van der Waals surface area contributed by atoms with Crippen LogP contribution in [0.3, 0.4) is 0 Å². The van der Waals surface area contributed by atoms with Crippen molar-refractivity contribution in [2.45, 2.75) is 12.8 Å². The van der Waals surface area contributed by atoms with Gasteiger partial charge in [-0.05, 0) is 48.9 Å². The topological polar surface area (TPSA) is 85.4 Å². The number of para-hydroxylation sites is 1. The average Bonchev–Trinajstić information content (AvgIpc) is 3.24. The Bertz CT molecular complexity index is 1100. The fraction of sp³-hybridized carbons (Fsp3) is 0.143. The Morgan fingerprint density at radius 3 is 2.89 bits per heavy atom. The van der Waals surface area contributed by atoms with E-state index in [4.69, 9.17) is 4.74 Å². The number of thiazole rings is 1. The van der Waals surface area contributed by atoms with E-state index in [0.717, 1.165) is 15.8 Å². The standard InChI is InChI=1S/C21H16N2O4S/c1-12-14-10-13(6-7-15(14)23-21(12)26)17(24)11-27-20(25)9-8-19-22-16-4-2-3-5-18(16)28-19/h2-10,12H,11H2,1H3,(H,23,26)/b9-8+/t12-/m1/s1. The third-order valence-electron chi connectivity index (χ3n) is 4.51. The summed E-state index contributed by atoms with van der Waals surface area (Å²) in [5.41, 5.74) is 2.77. The van der Waals surface area contributed by atoms with Gasteiger partial charge in [0.2, 0.25) is 5.91 Å². The van der Waals surface area contributed by atoms with Gasteiger partial charge in [0.1, 0.15) is 5.01 Å². The number of nitrogens with zero attached hydrogens (tertiary/aromatic N) is 1. The lowest BCUT2D eigenvalue weighted by molar-refractivity contribution is -0.136. The summed E-state index contributed by atoms with van der Waals surface area (Å²) in [6.07, 6.45) is 2.84. The number of amides is 1. The minimum atomic E-state index is -0.612. The van der Waals surface area contributed by atoms with E-state index in [0.29, 0.717) is 16.3 Å². The number of ketones is 1. The van der Waals surface area contributed by atoms with E-state index < -0.39 is 5.97 Å². The molecule has 140 valence electrons. The van der Waals surface area contributed by atoms with Crippen molar-refractivity contribution in [3.05, 3.63) is 64.7 Å². The number of rotatable bonds is 5. The molecule has 1 aliphatic rings. The third-order valence-corrected chi connectivity index (χ3v) is 5.51. The molecule has 1 aromatic heterocycles. The molecule has 0 unspecified atom stereocenters. The van der Waals surface area contributed by atoms with Gasteiger partial charge in [-0.25, -0.2) is 9.78 Å². The number of esters is 1. The fourth-order valence-electron chi connectivity index (χ4n) is 2.96. The van der Waals surface area contributed by atoms with Gasteiger partial charge in [0.15, 0.2) is 12.4 Å². The number of fused-ring (bicyclic) bond motifs is 2. The van der Waals surface area contributed by atoms with Crippen LogP contribution >= 0.6 is 11.3 Å². The summed E-state index contributed by atoms with van der Waals surface area (Å²) in [5.74, 6) is -1.33. The van der Waals surface area contributed by atoms with Crippen LogP contribution in [-0.4, -0.2) is 29.3 Å². The van der Waals surface area contributed by atoms with Crippen molar-refractivity contribution < 1.29 is 19.1 Å². The highest BCUT2D eigenvalue weighted by molar-refractivity contribution is 7.19. The highest BCUT2D eigenvalue weighted by atomic mass is 32.1. The fourth-order valence-corrected chi connectivity index (χ4v) is 3.83. The maximum atomic E-state index is 12.3. The van der Waals surface area contributed by atoms with E-state index in [2.05, 4.69) is 10.3 Å². The molecule has 0 spiro atoms. The van der Waals surface area contributed by atoms with Gasteiger partial charge in [-0.2, -0.15) is 0 Å². The van der Waals surface area contributed by atoms with E-state index in [-0.39, 0.29) is 24.2 Å². The number of aromatic nitrogens is 1. The maximum absolute atomic E-state index is 12.3. The number of ether oxygens (including phenoxy) is 1. The number of anilines is 1. The third kappa shape index (κ3) is 3.57. The van der Waals surface area contributed by atoms with Crippen molar-refractivity contribution in [2.75, 3.05) is 11.9 Å². The second-order valence-corrected chi connectivity index (χ2v) is 7.46. The summed E-state index contributed by atoms with van der Waals surface area (Å²) in [4.78, 5) is 40.3. The highest BCUT2D eigenvalue weighted by Gasteiger charge is 2.27. The first-order chi connectivity index (χ1) is 13.5. The number of hydrogen-bond acceptors (Lipinski definition) is 6. The van der Waals surface area contributed by atoms with E-state index >= 15 is 0 Å². The number of nitrogens with one attached hydrogen (secondary N) is 1. The molecule has 0 radical (unpaired) electrons. The van der Waals surface area contributed by atoms with Crippen LogP contribution in [0, 0.1) is 0 Å². The summed E-state index contributed by atoms with van der Waals surface area (Å²) in [7, 11) is 0. The first-order valence-corrected chi connectivity index (χ1v) is 9.51. The number of carbonyl (C=O) groups excluding carboxylic acids is 3. The second kappa shape index (κ2) is 7.36. The molecule has 2 heterocycles. The maximum Gasteiger partial charge on any atom is 0.331 e. The molecule has 0 saturated carbocycles. The summed E-state index contributed by atoms with van der Waals surface area (Å²) in [5, 5.41) is 3.44. The Morgan fingerprint density at radius 1 is 1.25 bits per heavy atom. The van der Waals surface area contributed by atoms with Crippen LogP contribution in [0.2, 0.25) is 0 Å². The van der Waals surface area contributed by atoms with Gasteiger partial charge in [-0.3, -0.25) is 9.59 Å². The first-order valence-electron chi connectivity index (χ1n) is 8.69. The van der Waals surface area contributed by atoms with E-state index in [1.54, 1.807) is 31.2 Å². The SMILES string of the molecule is C[C@H]1C(=O)Nc2ccc(C(=O)COC(=O)/C=C/c3nc4ccccc4s3)cc21. The Morgan fingerprint density at radius 2 is 2.07 bits per heavy atom. The zero-order valence-electron chi connectivity index (χ0n) is 15.0. The van der Waals surface area contributed by atoms with Crippen LogP contribution in [0.4, 0.5) is 5.69 Å². The molecule has 7 heteroatoms.